The molecule has 0 bridgehead atoms. The van der Waals surface area contributed by atoms with Crippen LogP contribution in [-0.4, -0.2) is 26.3 Å². The average Bonchev–Trinajstić information content (AvgIpc) is 3.11. The minimum absolute atomic E-state index is 0.0596. The Balaban J connectivity index is 1.76. The number of fused-ring (bicyclic) bond motifs is 1. The molecule has 0 saturated heterocycles. The van der Waals surface area contributed by atoms with Gasteiger partial charge in [-0.1, -0.05) is 30.4 Å². The van der Waals surface area contributed by atoms with Crippen LogP contribution in [0.4, 0.5) is 5.13 Å². The molecule has 3 aromatic rings. The summed E-state index contributed by atoms with van der Waals surface area (Å²) >= 11 is 3.09. The standard InChI is InChI=1S/C18H22N4O2S2/c1-4-10-21-13-7-5-6-8-14(13)22(18(21)24)11-9-15(23)20-17-19-12(2)16(25-3)26-17/h5-8H,4,9-11H2,1-3H3,(H,19,20,23). The molecule has 26 heavy (non-hydrogen) atoms. The molecule has 0 aliphatic heterocycles. The summed E-state index contributed by atoms with van der Waals surface area (Å²) in [7, 11) is 0. The first-order valence-corrected chi connectivity index (χ1v) is 10.6. The minimum atomic E-state index is -0.134. The van der Waals surface area contributed by atoms with Gasteiger partial charge in [-0.15, -0.1) is 11.8 Å². The predicted molar refractivity (Wildman–Crippen MR) is 108 cm³/mol. The molecule has 1 amide bonds. The maximum atomic E-state index is 12.7. The molecule has 0 radical (unpaired) electrons. The first-order chi connectivity index (χ1) is 12.5. The maximum absolute atomic E-state index is 12.7. The van der Waals surface area contributed by atoms with Gasteiger partial charge >= 0.3 is 5.69 Å². The number of nitrogens with one attached hydrogen (secondary N) is 1. The Labute approximate surface area is 160 Å². The lowest BCUT2D eigenvalue weighted by Gasteiger charge is -2.03. The van der Waals surface area contributed by atoms with Crippen LogP contribution in [0.5, 0.6) is 0 Å². The number of amides is 1. The third-order valence-corrected chi connectivity index (χ3v) is 6.40. The molecule has 6 nitrogen and oxygen atoms in total. The Bertz CT molecular complexity index is 987. The fraction of sp³-hybridized carbons (Fsp3) is 0.389. The summed E-state index contributed by atoms with van der Waals surface area (Å²) in [5.74, 6) is -0.134. The van der Waals surface area contributed by atoms with E-state index >= 15 is 0 Å². The minimum Gasteiger partial charge on any atom is -0.302 e. The number of rotatable bonds is 7. The molecule has 0 atom stereocenters. The Morgan fingerprint density at radius 3 is 2.46 bits per heavy atom. The summed E-state index contributed by atoms with van der Waals surface area (Å²) in [5.41, 5.74) is 2.65. The van der Waals surface area contributed by atoms with Crippen molar-refractivity contribution in [3.05, 3.63) is 40.4 Å². The van der Waals surface area contributed by atoms with E-state index < -0.39 is 0 Å². The number of carbonyl (C=O) groups excluding carboxylic acids is 1. The Morgan fingerprint density at radius 1 is 1.23 bits per heavy atom. The summed E-state index contributed by atoms with van der Waals surface area (Å²) in [5, 5.41) is 3.45. The number of thioether (sulfide) groups is 1. The number of nitrogens with zero attached hydrogens (tertiary/aromatic N) is 3. The van der Waals surface area contributed by atoms with Crippen LogP contribution in [0.25, 0.3) is 11.0 Å². The van der Waals surface area contributed by atoms with Gasteiger partial charge in [0.15, 0.2) is 5.13 Å². The highest BCUT2D eigenvalue weighted by molar-refractivity contribution is 8.00. The molecular formula is C18H22N4O2S2. The quantitative estimate of drug-likeness (QED) is 0.624. The molecule has 138 valence electrons. The number of carbonyl (C=O) groups is 1. The molecule has 0 saturated carbocycles. The molecule has 0 unspecified atom stereocenters. The highest BCUT2D eigenvalue weighted by Crippen LogP contribution is 2.30. The number of thiazole rings is 1. The normalized spacial score (nSPS) is 11.2. The Kier molecular flexibility index (Phi) is 5.83. The van der Waals surface area contributed by atoms with Crippen LogP contribution in [0.15, 0.2) is 33.3 Å². The zero-order valence-corrected chi connectivity index (χ0v) is 16.7. The van der Waals surface area contributed by atoms with Gasteiger partial charge in [0.1, 0.15) is 0 Å². The van der Waals surface area contributed by atoms with Crippen molar-refractivity contribution in [1.82, 2.24) is 14.1 Å². The van der Waals surface area contributed by atoms with Crippen molar-refractivity contribution in [3.63, 3.8) is 0 Å². The van der Waals surface area contributed by atoms with Crippen LogP contribution in [-0.2, 0) is 17.9 Å². The largest absolute Gasteiger partial charge is 0.329 e. The van der Waals surface area contributed by atoms with Gasteiger partial charge < -0.3 is 5.32 Å². The third-order valence-electron chi connectivity index (χ3n) is 4.12. The van der Waals surface area contributed by atoms with E-state index in [1.54, 1.807) is 20.9 Å². The topological polar surface area (TPSA) is 68.9 Å². The Morgan fingerprint density at radius 2 is 1.88 bits per heavy atom. The number of anilines is 1. The fourth-order valence-electron chi connectivity index (χ4n) is 2.95. The number of aryl methyl sites for hydroxylation is 3. The van der Waals surface area contributed by atoms with E-state index in [0.29, 0.717) is 18.2 Å². The van der Waals surface area contributed by atoms with Crippen molar-refractivity contribution in [1.29, 1.82) is 0 Å². The average molecular weight is 391 g/mol. The second-order valence-corrected chi connectivity index (χ2v) is 8.04. The molecule has 8 heteroatoms. The van der Waals surface area contributed by atoms with Crippen LogP contribution in [0.2, 0.25) is 0 Å². The molecule has 0 spiro atoms. The SMILES string of the molecule is CCCn1c(=O)n(CCC(=O)Nc2nc(C)c(SC)s2)c2ccccc21. The van der Waals surface area contributed by atoms with Crippen LogP contribution >= 0.6 is 23.1 Å². The lowest BCUT2D eigenvalue weighted by Crippen LogP contribution is -2.26. The van der Waals surface area contributed by atoms with E-state index in [1.165, 1.54) is 11.3 Å². The van der Waals surface area contributed by atoms with Crippen LogP contribution in [0, 0.1) is 6.92 Å². The van der Waals surface area contributed by atoms with Crippen molar-refractivity contribution < 1.29 is 4.79 Å². The number of benzene rings is 1. The predicted octanol–water partition coefficient (Wildman–Crippen LogP) is 3.73. The van der Waals surface area contributed by atoms with E-state index in [9.17, 15) is 9.59 Å². The van der Waals surface area contributed by atoms with E-state index in [0.717, 1.165) is 27.4 Å². The first-order valence-electron chi connectivity index (χ1n) is 8.54. The lowest BCUT2D eigenvalue weighted by molar-refractivity contribution is -0.116. The van der Waals surface area contributed by atoms with E-state index in [2.05, 4.69) is 10.3 Å². The summed E-state index contributed by atoms with van der Waals surface area (Å²) < 4.78 is 4.56. The monoisotopic (exact) mass is 390 g/mol. The molecule has 3 rings (SSSR count). The highest BCUT2D eigenvalue weighted by Gasteiger charge is 2.14. The molecule has 2 aromatic heterocycles. The molecule has 1 aromatic carbocycles. The highest BCUT2D eigenvalue weighted by atomic mass is 32.2. The summed E-state index contributed by atoms with van der Waals surface area (Å²) in [4.78, 5) is 29.4. The summed E-state index contributed by atoms with van der Waals surface area (Å²) in [6.07, 6.45) is 3.10. The van der Waals surface area contributed by atoms with Gasteiger partial charge in [0.2, 0.25) is 5.91 Å². The molecule has 0 aliphatic rings. The zero-order chi connectivity index (χ0) is 18.7. The molecule has 0 fully saturated rings. The second kappa shape index (κ2) is 8.09. The zero-order valence-electron chi connectivity index (χ0n) is 15.1. The van der Waals surface area contributed by atoms with Crippen molar-refractivity contribution in [2.45, 2.75) is 44.0 Å². The number of imidazole rings is 1. The van der Waals surface area contributed by atoms with Gasteiger partial charge in [0.25, 0.3) is 0 Å². The van der Waals surface area contributed by atoms with Crippen molar-refractivity contribution >= 4 is 45.2 Å². The molecule has 0 aliphatic carbocycles. The summed E-state index contributed by atoms with van der Waals surface area (Å²) in [6, 6.07) is 7.72. The Hall–Kier alpha value is -2.06. The number of para-hydroxylation sites is 2. The van der Waals surface area contributed by atoms with Gasteiger partial charge in [-0.2, -0.15) is 0 Å². The smallest absolute Gasteiger partial charge is 0.302 e. The van der Waals surface area contributed by atoms with Gasteiger partial charge in [-0.05, 0) is 31.7 Å². The van der Waals surface area contributed by atoms with Crippen molar-refractivity contribution in [2.24, 2.45) is 0 Å². The van der Waals surface area contributed by atoms with Crippen LogP contribution < -0.4 is 11.0 Å². The molecule has 2 heterocycles. The van der Waals surface area contributed by atoms with Crippen LogP contribution in [0.3, 0.4) is 0 Å². The lowest BCUT2D eigenvalue weighted by atomic mass is 10.3. The number of aromatic nitrogens is 3. The van der Waals surface area contributed by atoms with Crippen molar-refractivity contribution in [2.75, 3.05) is 11.6 Å². The molecular weight excluding hydrogens is 368 g/mol. The van der Waals surface area contributed by atoms with Crippen LogP contribution in [0.1, 0.15) is 25.5 Å². The van der Waals surface area contributed by atoms with Gasteiger partial charge in [-0.3, -0.25) is 13.9 Å². The van der Waals surface area contributed by atoms with E-state index in [4.69, 9.17) is 0 Å². The first kappa shape index (κ1) is 18.7. The van der Waals surface area contributed by atoms with Gasteiger partial charge in [0.05, 0.1) is 20.9 Å². The molecule has 1 N–H and O–H groups in total. The van der Waals surface area contributed by atoms with Crippen molar-refractivity contribution in [3.8, 4) is 0 Å². The number of hydrogen-bond acceptors (Lipinski definition) is 5. The van der Waals surface area contributed by atoms with E-state index in [-0.39, 0.29) is 18.0 Å². The van der Waals surface area contributed by atoms with E-state index in [1.807, 2.05) is 44.4 Å². The van der Waals surface area contributed by atoms with Gasteiger partial charge in [-0.25, -0.2) is 9.78 Å². The number of hydrogen-bond donors (Lipinski definition) is 1. The third kappa shape index (κ3) is 3.71. The van der Waals surface area contributed by atoms with Gasteiger partial charge in [0, 0.05) is 19.5 Å². The second-order valence-electron chi connectivity index (χ2n) is 5.97. The maximum Gasteiger partial charge on any atom is 0.329 e. The fourth-order valence-corrected chi connectivity index (χ4v) is 4.58. The summed E-state index contributed by atoms with van der Waals surface area (Å²) in [6.45, 7) is 5.00.